The first kappa shape index (κ1) is 12.0. The van der Waals surface area contributed by atoms with Crippen molar-refractivity contribution in [1.82, 2.24) is 0 Å². The summed E-state index contributed by atoms with van der Waals surface area (Å²) >= 11 is 0. The molecule has 1 fully saturated rings. The smallest absolute Gasteiger partial charge is 0.0192 e. The van der Waals surface area contributed by atoms with Gasteiger partial charge in [0, 0.05) is 5.41 Å². The summed E-state index contributed by atoms with van der Waals surface area (Å²) in [6.45, 7) is 13.2. The standard InChI is InChI=1S/C18H24/c1-13-11-18(14(2)7-6-8-15(18)3)12-16-9-4-5-10-17(13)16/h1-12H2. The van der Waals surface area contributed by atoms with Gasteiger partial charge in [-0.3, -0.25) is 0 Å². The maximum absolute atomic E-state index is 4.39. The number of allylic oxidation sites excluding steroid dienone is 5. The Labute approximate surface area is 111 Å². The summed E-state index contributed by atoms with van der Waals surface area (Å²) in [4.78, 5) is 0. The number of hydrogen-bond donors (Lipinski definition) is 0. The van der Waals surface area contributed by atoms with Crippen LogP contribution in [0.3, 0.4) is 0 Å². The topological polar surface area (TPSA) is 0 Å². The molecule has 0 bridgehead atoms. The van der Waals surface area contributed by atoms with E-state index in [1.54, 1.807) is 11.1 Å². The Morgan fingerprint density at radius 3 is 2.11 bits per heavy atom. The van der Waals surface area contributed by atoms with E-state index in [0.717, 1.165) is 6.42 Å². The van der Waals surface area contributed by atoms with Gasteiger partial charge in [-0.25, -0.2) is 0 Å². The van der Waals surface area contributed by atoms with E-state index in [-0.39, 0.29) is 5.41 Å². The first-order chi connectivity index (χ1) is 8.63. The number of rotatable bonds is 0. The zero-order valence-corrected chi connectivity index (χ0v) is 11.5. The van der Waals surface area contributed by atoms with Gasteiger partial charge in [-0.2, -0.15) is 0 Å². The molecule has 0 amide bonds. The van der Waals surface area contributed by atoms with Crippen molar-refractivity contribution in [2.24, 2.45) is 5.41 Å². The summed E-state index contributed by atoms with van der Waals surface area (Å²) in [5.41, 5.74) is 7.72. The van der Waals surface area contributed by atoms with Crippen LogP contribution < -0.4 is 0 Å². The summed E-state index contributed by atoms with van der Waals surface area (Å²) in [6, 6.07) is 0. The molecule has 0 N–H and O–H groups in total. The summed E-state index contributed by atoms with van der Waals surface area (Å²) in [5.74, 6) is 0. The molecule has 0 aromatic carbocycles. The van der Waals surface area contributed by atoms with Crippen LogP contribution in [0.5, 0.6) is 0 Å². The second-order valence-corrected chi connectivity index (χ2v) is 6.39. The minimum Gasteiger partial charge on any atom is -0.0989 e. The molecule has 0 aromatic heterocycles. The fraction of sp³-hybridized carbons (Fsp3) is 0.556. The van der Waals surface area contributed by atoms with Gasteiger partial charge in [-0.05, 0) is 63.4 Å². The van der Waals surface area contributed by atoms with Crippen molar-refractivity contribution >= 4 is 0 Å². The predicted molar refractivity (Wildman–Crippen MR) is 78.4 cm³/mol. The summed E-state index contributed by atoms with van der Waals surface area (Å²) < 4.78 is 0. The van der Waals surface area contributed by atoms with E-state index in [1.807, 2.05) is 0 Å². The van der Waals surface area contributed by atoms with Gasteiger partial charge < -0.3 is 0 Å². The van der Waals surface area contributed by atoms with Crippen LogP contribution in [0, 0.1) is 5.41 Å². The third kappa shape index (κ3) is 1.66. The SMILES string of the molecule is C=C1CC2(CC3=C1CCCC3)C(=C)CCCC2=C. The highest BCUT2D eigenvalue weighted by Crippen LogP contribution is 2.57. The zero-order chi connectivity index (χ0) is 12.8. The molecule has 0 heterocycles. The molecule has 96 valence electrons. The van der Waals surface area contributed by atoms with E-state index >= 15 is 0 Å². The predicted octanol–water partition coefficient (Wildman–Crippen LogP) is 5.49. The molecule has 0 nitrogen and oxygen atoms in total. The normalized spacial score (nSPS) is 27.7. The van der Waals surface area contributed by atoms with E-state index in [2.05, 4.69) is 19.7 Å². The van der Waals surface area contributed by atoms with Gasteiger partial charge in [-0.15, -0.1) is 0 Å². The fourth-order valence-corrected chi connectivity index (χ4v) is 4.23. The Morgan fingerprint density at radius 2 is 1.39 bits per heavy atom. The molecular formula is C18H24. The van der Waals surface area contributed by atoms with Crippen molar-refractivity contribution in [2.75, 3.05) is 0 Å². The molecule has 0 heteroatoms. The van der Waals surface area contributed by atoms with Crippen LogP contribution in [0.15, 0.2) is 47.6 Å². The van der Waals surface area contributed by atoms with Crippen LogP contribution in [0.1, 0.15) is 57.8 Å². The van der Waals surface area contributed by atoms with Crippen molar-refractivity contribution < 1.29 is 0 Å². The Morgan fingerprint density at radius 1 is 0.722 bits per heavy atom. The minimum atomic E-state index is 0.186. The highest BCUT2D eigenvalue weighted by molar-refractivity contribution is 5.46. The second kappa shape index (κ2) is 4.26. The summed E-state index contributed by atoms with van der Waals surface area (Å²) in [6.07, 6.45) is 11.2. The molecule has 1 saturated carbocycles. The second-order valence-electron chi connectivity index (χ2n) is 6.39. The lowest BCUT2D eigenvalue weighted by molar-refractivity contribution is 0.342. The lowest BCUT2D eigenvalue weighted by atomic mass is 9.57. The Bertz CT molecular complexity index is 442. The molecular weight excluding hydrogens is 216 g/mol. The van der Waals surface area contributed by atoms with E-state index in [1.165, 1.54) is 68.1 Å². The first-order valence-electron chi connectivity index (χ1n) is 7.39. The van der Waals surface area contributed by atoms with Crippen molar-refractivity contribution in [3.05, 3.63) is 47.6 Å². The lowest BCUT2D eigenvalue weighted by Crippen LogP contribution is -2.33. The van der Waals surface area contributed by atoms with Gasteiger partial charge in [0.05, 0.1) is 0 Å². The average Bonchev–Trinajstić information content (AvgIpc) is 2.36. The van der Waals surface area contributed by atoms with Crippen LogP contribution >= 0.6 is 0 Å². The maximum atomic E-state index is 4.39. The van der Waals surface area contributed by atoms with Gasteiger partial charge in [0.15, 0.2) is 0 Å². The molecule has 0 unspecified atom stereocenters. The van der Waals surface area contributed by atoms with Crippen molar-refractivity contribution in [3.8, 4) is 0 Å². The fourth-order valence-electron chi connectivity index (χ4n) is 4.23. The highest BCUT2D eigenvalue weighted by Gasteiger charge is 2.42. The molecule has 3 aliphatic carbocycles. The maximum Gasteiger partial charge on any atom is 0.0192 e. The Balaban J connectivity index is 2.01. The molecule has 3 aliphatic rings. The van der Waals surface area contributed by atoms with Crippen LogP contribution in [0.4, 0.5) is 0 Å². The van der Waals surface area contributed by atoms with Gasteiger partial charge >= 0.3 is 0 Å². The zero-order valence-electron chi connectivity index (χ0n) is 11.5. The van der Waals surface area contributed by atoms with Gasteiger partial charge in [0.25, 0.3) is 0 Å². The third-order valence-electron chi connectivity index (χ3n) is 5.35. The summed E-state index contributed by atoms with van der Waals surface area (Å²) in [5, 5.41) is 0. The monoisotopic (exact) mass is 240 g/mol. The van der Waals surface area contributed by atoms with E-state index < -0.39 is 0 Å². The number of hydrogen-bond acceptors (Lipinski definition) is 0. The minimum absolute atomic E-state index is 0.186. The van der Waals surface area contributed by atoms with Crippen LogP contribution in [-0.2, 0) is 0 Å². The quantitative estimate of drug-likeness (QED) is 0.491. The Kier molecular flexibility index (Phi) is 2.84. The average molecular weight is 240 g/mol. The molecule has 0 atom stereocenters. The first-order valence-corrected chi connectivity index (χ1v) is 7.39. The molecule has 0 aliphatic heterocycles. The van der Waals surface area contributed by atoms with E-state index in [0.29, 0.717) is 0 Å². The van der Waals surface area contributed by atoms with Crippen molar-refractivity contribution in [3.63, 3.8) is 0 Å². The largest absolute Gasteiger partial charge is 0.0989 e. The lowest BCUT2D eigenvalue weighted by Gasteiger charge is -2.47. The van der Waals surface area contributed by atoms with E-state index in [4.69, 9.17) is 0 Å². The molecule has 18 heavy (non-hydrogen) atoms. The van der Waals surface area contributed by atoms with Gasteiger partial charge in [0.2, 0.25) is 0 Å². The van der Waals surface area contributed by atoms with Crippen LogP contribution in [-0.4, -0.2) is 0 Å². The van der Waals surface area contributed by atoms with E-state index in [9.17, 15) is 0 Å². The third-order valence-corrected chi connectivity index (χ3v) is 5.35. The Hall–Kier alpha value is -1.04. The molecule has 0 saturated heterocycles. The van der Waals surface area contributed by atoms with Crippen molar-refractivity contribution in [2.45, 2.75) is 57.8 Å². The van der Waals surface area contributed by atoms with Crippen LogP contribution in [0.25, 0.3) is 0 Å². The molecule has 3 rings (SSSR count). The highest BCUT2D eigenvalue weighted by atomic mass is 14.5. The van der Waals surface area contributed by atoms with Gasteiger partial charge in [0.1, 0.15) is 0 Å². The van der Waals surface area contributed by atoms with Gasteiger partial charge in [-0.1, -0.05) is 42.0 Å². The molecule has 1 spiro atoms. The molecule has 0 radical (unpaired) electrons. The molecule has 0 aromatic rings. The van der Waals surface area contributed by atoms with Crippen LogP contribution in [0.2, 0.25) is 0 Å². The van der Waals surface area contributed by atoms with Crippen molar-refractivity contribution in [1.29, 1.82) is 0 Å². The summed E-state index contributed by atoms with van der Waals surface area (Å²) in [7, 11) is 0.